The van der Waals surface area contributed by atoms with Gasteiger partial charge >= 0.3 is 0 Å². The van der Waals surface area contributed by atoms with Gasteiger partial charge in [0.1, 0.15) is 10.0 Å². The van der Waals surface area contributed by atoms with E-state index in [4.69, 9.17) is 0 Å². The molecule has 0 atom stereocenters. The van der Waals surface area contributed by atoms with Crippen molar-refractivity contribution in [2.45, 2.75) is 23.5 Å². The number of carbonyl (C=O) groups is 1. The van der Waals surface area contributed by atoms with E-state index in [0.29, 0.717) is 17.1 Å². The SMILES string of the molecule is O=C(Nc1ccc(N2CCCCC2)cn1)c1cccc(NS(=O)(=O)c2cccs2)c1. The molecule has 156 valence electrons. The first kappa shape index (κ1) is 20.4. The van der Waals surface area contributed by atoms with Crippen molar-refractivity contribution in [3.8, 4) is 0 Å². The molecule has 1 aromatic carbocycles. The van der Waals surface area contributed by atoms with Crippen LogP contribution in [0.1, 0.15) is 29.6 Å². The first-order chi connectivity index (χ1) is 14.5. The fourth-order valence-electron chi connectivity index (χ4n) is 3.33. The Morgan fingerprint density at radius 1 is 1.03 bits per heavy atom. The topological polar surface area (TPSA) is 91.4 Å². The molecule has 1 saturated heterocycles. The maximum atomic E-state index is 12.6. The molecule has 3 heterocycles. The maximum absolute atomic E-state index is 12.6. The van der Waals surface area contributed by atoms with Crippen molar-refractivity contribution >= 4 is 44.5 Å². The van der Waals surface area contributed by atoms with E-state index in [2.05, 4.69) is 19.9 Å². The number of sulfonamides is 1. The van der Waals surface area contributed by atoms with Gasteiger partial charge in [0, 0.05) is 24.3 Å². The van der Waals surface area contributed by atoms with Gasteiger partial charge in [-0.2, -0.15) is 0 Å². The summed E-state index contributed by atoms with van der Waals surface area (Å²) in [6, 6.07) is 13.3. The van der Waals surface area contributed by atoms with Gasteiger partial charge in [-0.05, 0) is 61.0 Å². The number of piperidine rings is 1. The number of hydrogen-bond donors (Lipinski definition) is 2. The molecule has 1 aliphatic heterocycles. The van der Waals surface area contributed by atoms with Crippen molar-refractivity contribution in [2.75, 3.05) is 28.0 Å². The van der Waals surface area contributed by atoms with Gasteiger partial charge in [-0.1, -0.05) is 12.1 Å². The van der Waals surface area contributed by atoms with Crippen molar-refractivity contribution in [1.29, 1.82) is 0 Å². The van der Waals surface area contributed by atoms with Gasteiger partial charge in [-0.25, -0.2) is 13.4 Å². The summed E-state index contributed by atoms with van der Waals surface area (Å²) in [7, 11) is -3.67. The van der Waals surface area contributed by atoms with Gasteiger partial charge in [0.05, 0.1) is 11.9 Å². The van der Waals surface area contributed by atoms with Crippen LogP contribution in [-0.4, -0.2) is 32.4 Å². The summed E-state index contributed by atoms with van der Waals surface area (Å²) in [5.74, 6) is 0.0933. The highest BCUT2D eigenvalue weighted by atomic mass is 32.2. The molecule has 7 nitrogen and oxygen atoms in total. The second kappa shape index (κ2) is 8.85. The summed E-state index contributed by atoms with van der Waals surface area (Å²) in [4.78, 5) is 19.3. The third kappa shape index (κ3) is 4.80. The Balaban J connectivity index is 1.43. The molecular weight excluding hydrogens is 420 g/mol. The van der Waals surface area contributed by atoms with Gasteiger partial charge in [0.15, 0.2) is 0 Å². The van der Waals surface area contributed by atoms with E-state index in [9.17, 15) is 13.2 Å². The molecule has 0 radical (unpaired) electrons. The van der Waals surface area contributed by atoms with Crippen molar-refractivity contribution in [3.05, 3.63) is 65.7 Å². The van der Waals surface area contributed by atoms with Gasteiger partial charge in [-0.3, -0.25) is 9.52 Å². The minimum atomic E-state index is -3.67. The molecule has 0 unspecified atom stereocenters. The van der Waals surface area contributed by atoms with Crippen molar-refractivity contribution in [3.63, 3.8) is 0 Å². The molecule has 0 saturated carbocycles. The Hall–Kier alpha value is -2.91. The molecule has 9 heteroatoms. The number of rotatable bonds is 6. The number of amides is 1. The van der Waals surface area contributed by atoms with E-state index in [1.54, 1.807) is 41.9 Å². The predicted molar refractivity (Wildman–Crippen MR) is 120 cm³/mol. The molecule has 3 aromatic rings. The molecule has 30 heavy (non-hydrogen) atoms. The van der Waals surface area contributed by atoms with E-state index >= 15 is 0 Å². The van der Waals surface area contributed by atoms with Crippen LogP contribution in [0, 0.1) is 0 Å². The van der Waals surface area contributed by atoms with Crippen LogP contribution in [0.4, 0.5) is 17.2 Å². The Labute approximate surface area is 179 Å². The molecule has 2 N–H and O–H groups in total. The zero-order chi connectivity index (χ0) is 21.0. The molecule has 0 aliphatic carbocycles. The van der Waals surface area contributed by atoms with Crippen LogP contribution in [0.15, 0.2) is 64.3 Å². The lowest BCUT2D eigenvalue weighted by molar-refractivity contribution is 0.102. The largest absolute Gasteiger partial charge is 0.370 e. The van der Waals surface area contributed by atoms with Gasteiger partial charge in [0.2, 0.25) is 0 Å². The standard InChI is InChI=1S/C21H22N4O3S2/c26-21(23-19-10-9-18(15-22-19)25-11-2-1-3-12-25)16-6-4-7-17(14-16)24-30(27,28)20-8-5-13-29-20/h4-10,13-15,24H,1-3,11-12H2,(H,22,23,26). The molecule has 4 rings (SSSR count). The fourth-order valence-corrected chi connectivity index (χ4v) is 5.38. The Morgan fingerprint density at radius 3 is 2.57 bits per heavy atom. The number of pyridine rings is 1. The zero-order valence-electron chi connectivity index (χ0n) is 16.2. The normalized spacial score (nSPS) is 14.3. The second-order valence-electron chi connectivity index (χ2n) is 7.02. The highest BCUT2D eigenvalue weighted by molar-refractivity contribution is 7.94. The van der Waals surface area contributed by atoms with Crippen LogP contribution >= 0.6 is 11.3 Å². The predicted octanol–water partition coefficient (Wildman–Crippen LogP) is 4.19. The average Bonchev–Trinajstić information content (AvgIpc) is 3.31. The highest BCUT2D eigenvalue weighted by Gasteiger charge is 2.16. The molecule has 1 aliphatic rings. The number of benzene rings is 1. The zero-order valence-corrected chi connectivity index (χ0v) is 17.9. The molecular formula is C21H22N4O3S2. The quantitative estimate of drug-likeness (QED) is 0.597. The lowest BCUT2D eigenvalue weighted by atomic mass is 10.1. The van der Waals surface area contributed by atoms with Crippen LogP contribution < -0.4 is 14.9 Å². The number of thiophene rings is 1. The molecule has 1 amide bonds. The van der Waals surface area contributed by atoms with Crippen LogP contribution in [0.5, 0.6) is 0 Å². The van der Waals surface area contributed by atoms with Crippen molar-refractivity contribution in [1.82, 2.24) is 4.98 Å². The Bertz CT molecular complexity index is 1110. The average molecular weight is 443 g/mol. The fraction of sp³-hybridized carbons (Fsp3) is 0.238. The first-order valence-electron chi connectivity index (χ1n) is 9.70. The van der Waals surface area contributed by atoms with E-state index in [-0.39, 0.29) is 10.1 Å². The van der Waals surface area contributed by atoms with E-state index in [1.807, 2.05) is 6.07 Å². The van der Waals surface area contributed by atoms with Crippen molar-refractivity contribution < 1.29 is 13.2 Å². The van der Waals surface area contributed by atoms with E-state index in [0.717, 1.165) is 30.1 Å². The Morgan fingerprint density at radius 2 is 1.87 bits per heavy atom. The molecule has 0 bridgehead atoms. The number of nitrogens with zero attached hydrogens (tertiary/aromatic N) is 2. The summed E-state index contributed by atoms with van der Waals surface area (Å²) in [5, 5.41) is 4.46. The molecule has 0 spiro atoms. The number of nitrogens with one attached hydrogen (secondary N) is 2. The first-order valence-corrected chi connectivity index (χ1v) is 12.1. The third-order valence-corrected chi connectivity index (χ3v) is 7.63. The number of anilines is 3. The van der Waals surface area contributed by atoms with Crippen LogP contribution in [-0.2, 0) is 10.0 Å². The lowest BCUT2D eigenvalue weighted by Gasteiger charge is -2.28. The minimum Gasteiger partial charge on any atom is -0.370 e. The van der Waals surface area contributed by atoms with Gasteiger partial charge in [-0.15, -0.1) is 11.3 Å². The summed E-state index contributed by atoms with van der Waals surface area (Å²) >= 11 is 1.13. The number of carbonyl (C=O) groups excluding carboxylic acids is 1. The maximum Gasteiger partial charge on any atom is 0.271 e. The third-order valence-electron chi connectivity index (χ3n) is 4.85. The summed E-state index contributed by atoms with van der Waals surface area (Å²) in [5.41, 5.74) is 1.71. The smallest absolute Gasteiger partial charge is 0.271 e. The summed E-state index contributed by atoms with van der Waals surface area (Å²) in [6.07, 6.45) is 5.41. The van der Waals surface area contributed by atoms with Crippen molar-refractivity contribution in [2.24, 2.45) is 0 Å². The molecule has 1 fully saturated rings. The van der Waals surface area contributed by atoms with E-state index < -0.39 is 10.0 Å². The number of hydrogen-bond acceptors (Lipinski definition) is 6. The van der Waals surface area contributed by atoms with Gasteiger partial charge in [0.25, 0.3) is 15.9 Å². The van der Waals surface area contributed by atoms with Gasteiger partial charge < -0.3 is 10.2 Å². The highest BCUT2D eigenvalue weighted by Crippen LogP contribution is 2.22. The van der Waals surface area contributed by atoms with Crippen LogP contribution in [0.3, 0.4) is 0 Å². The summed E-state index contributed by atoms with van der Waals surface area (Å²) in [6.45, 7) is 2.06. The lowest BCUT2D eigenvalue weighted by Crippen LogP contribution is -2.29. The number of aromatic nitrogens is 1. The van der Waals surface area contributed by atoms with Crippen LogP contribution in [0.2, 0.25) is 0 Å². The monoisotopic (exact) mass is 442 g/mol. The summed E-state index contributed by atoms with van der Waals surface area (Å²) < 4.78 is 27.5. The minimum absolute atomic E-state index is 0.218. The van der Waals surface area contributed by atoms with E-state index in [1.165, 1.54) is 31.4 Å². The molecule has 2 aromatic heterocycles. The Kier molecular flexibility index (Phi) is 6.01. The van der Waals surface area contributed by atoms with Crippen LogP contribution in [0.25, 0.3) is 0 Å². The second-order valence-corrected chi connectivity index (χ2v) is 9.88.